The van der Waals surface area contributed by atoms with E-state index in [0.29, 0.717) is 5.82 Å². The van der Waals surface area contributed by atoms with E-state index < -0.39 is 0 Å². The Kier molecular flexibility index (Phi) is 4.37. The van der Waals surface area contributed by atoms with Crippen molar-refractivity contribution in [3.63, 3.8) is 0 Å². The van der Waals surface area contributed by atoms with Crippen LogP contribution in [0.25, 0.3) is 0 Å². The summed E-state index contributed by atoms with van der Waals surface area (Å²) in [6.07, 6.45) is 3.32. The van der Waals surface area contributed by atoms with Crippen molar-refractivity contribution in [1.29, 1.82) is 0 Å². The van der Waals surface area contributed by atoms with E-state index in [1.54, 1.807) is 17.0 Å². The van der Waals surface area contributed by atoms with Crippen molar-refractivity contribution in [3.05, 3.63) is 52.6 Å². The van der Waals surface area contributed by atoms with Crippen molar-refractivity contribution >= 4 is 23.1 Å². The van der Waals surface area contributed by atoms with Crippen LogP contribution in [0.1, 0.15) is 38.6 Å². The van der Waals surface area contributed by atoms with E-state index >= 15 is 0 Å². The fourth-order valence-electron chi connectivity index (χ4n) is 2.11. The van der Waals surface area contributed by atoms with E-state index in [9.17, 15) is 4.79 Å². The number of nitrogens with one attached hydrogen (secondary N) is 1. The number of benzene rings is 1. The SMILES string of the molecule is CC(Cl)c1ccccc1Nc1nccn(C(C)(C)C)c1=O. The van der Waals surface area contributed by atoms with E-state index in [-0.39, 0.29) is 16.5 Å². The molecular formula is C16H20ClN3O. The van der Waals surface area contributed by atoms with Gasteiger partial charge in [-0.3, -0.25) is 4.79 Å². The fraction of sp³-hybridized carbons (Fsp3) is 0.375. The summed E-state index contributed by atoms with van der Waals surface area (Å²) in [6.45, 7) is 7.83. The molecule has 1 aromatic heterocycles. The lowest BCUT2D eigenvalue weighted by molar-refractivity contribution is 0.383. The minimum Gasteiger partial charge on any atom is -0.335 e. The lowest BCUT2D eigenvalue weighted by atomic mass is 10.1. The van der Waals surface area contributed by atoms with Crippen molar-refractivity contribution in [1.82, 2.24) is 9.55 Å². The predicted molar refractivity (Wildman–Crippen MR) is 87.5 cm³/mol. The summed E-state index contributed by atoms with van der Waals surface area (Å²) in [5.74, 6) is 0.303. The lowest BCUT2D eigenvalue weighted by Gasteiger charge is -2.22. The van der Waals surface area contributed by atoms with Crippen LogP contribution in [0.4, 0.5) is 11.5 Å². The van der Waals surface area contributed by atoms with Crippen LogP contribution in [-0.4, -0.2) is 9.55 Å². The summed E-state index contributed by atoms with van der Waals surface area (Å²) >= 11 is 6.17. The fourth-order valence-corrected chi connectivity index (χ4v) is 2.30. The van der Waals surface area contributed by atoms with Crippen molar-refractivity contribution in [3.8, 4) is 0 Å². The van der Waals surface area contributed by atoms with E-state index in [1.807, 2.05) is 52.0 Å². The van der Waals surface area contributed by atoms with Gasteiger partial charge in [0.05, 0.1) is 5.38 Å². The second-order valence-corrected chi connectivity index (χ2v) is 6.60. The number of para-hydroxylation sites is 1. The average molecular weight is 306 g/mol. The number of aromatic nitrogens is 2. The zero-order valence-electron chi connectivity index (χ0n) is 12.7. The Balaban J connectivity index is 2.45. The molecule has 0 radical (unpaired) electrons. The molecule has 0 spiro atoms. The molecule has 0 aliphatic carbocycles. The summed E-state index contributed by atoms with van der Waals surface area (Å²) < 4.78 is 1.66. The van der Waals surface area contributed by atoms with Crippen LogP contribution in [0.2, 0.25) is 0 Å². The molecule has 1 N–H and O–H groups in total. The Morgan fingerprint density at radius 1 is 1.29 bits per heavy atom. The first-order chi connectivity index (χ1) is 9.80. The third-order valence-electron chi connectivity index (χ3n) is 3.21. The van der Waals surface area contributed by atoms with Gasteiger partial charge in [-0.15, -0.1) is 11.6 Å². The average Bonchev–Trinajstić information content (AvgIpc) is 2.40. The van der Waals surface area contributed by atoms with Gasteiger partial charge in [0.2, 0.25) is 0 Å². The standard InChI is InChI=1S/C16H20ClN3O/c1-11(17)12-7-5-6-8-13(12)19-14-15(21)20(10-9-18-14)16(2,3)4/h5-11H,1-4H3,(H,18,19). The molecular weight excluding hydrogens is 286 g/mol. The molecule has 0 bridgehead atoms. The van der Waals surface area contributed by atoms with Gasteiger partial charge >= 0.3 is 0 Å². The largest absolute Gasteiger partial charge is 0.335 e. The molecule has 1 atom stereocenters. The molecule has 112 valence electrons. The number of rotatable bonds is 3. The molecule has 0 amide bonds. The molecule has 21 heavy (non-hydrogen) atoms. The Bertz CT molecular complexity index is 686. The maximum Gasteiger partial charge on any atom is 0.294 e. The molecule has 4 nitrogen and oxygen atoms in total. The highest BCUT2D eigenvalue weighted by molar-refractivity contribution is 6.21. The zero-order valence-corrected chi connectivity index (χ0v) is 13.5. The summed E-state index contributed by atoms with van der Waals surface area (Å²) in [5, 5.41) is 2.96. The highest BCUT2D eigenvalue weighted by Crippen LogP contribution is 2.28. The van der Waals surface area contributed by atoms with Crippen LogP contribution in [0.5, 0.6) is 0 Å². The Labute approximate surface area is 129 Å². The van der Waals surface area contributed by atoms with Crippen molar-refractivity contribution in [2.75, 3.05) is 5.32 Å². The number of anilines is 2. The van der Waals surface area contributed by atoms with Crippen LogP contribution in [0.15, 0.2) is 41.5 Å². The van der Waals surface area contributed by atoms with E-state index in [1.165, 1.54) is 0 Å². The van der Waals surface area contributed by atoms with Gasteiger partial charge in [-0.25, -0.2) is 4.98 Å². The van der Waals surface area contributed by atoms with E-state index in [4.69, 9.17) is 11.6 Å². The topological polar surface area (TPSA) is 46.9 Å². The maximum absolute atomic E-state index is 12.5. The van der Waals surface area contributed by atoms with E-state index in [0.717, 1.165) is 11.3 Å². The molecule has 2 rings (SSSR count). The van der Waals surface area contributed by atoms with Crippen LogP contribution < -0.4 is 10.9 Å². The number of halogens is 1. The van der Waals surface area contributed by atoms with E-state index in [2.05, 4.69) is 10.3 Å². The van der Waals surface area contributed by atoms with Crippen molar-refractivity contribution < 1.29 is 0 Å². The highest BCUT2D eigenvalue weighted by Gasteiger charge is 2.17. The Morgan fingerprint density at radius 2 is 1.95 bits per heavy atom. The Morgan fingerprint density at radius 3 is 2.57 bits per heavy atom. The van der Waals surface area contributed by atoms with Gasteiger partial charge in [0.25, 0.3) is 5.56 Å². The number of hydrogen-bond acceptors (Lipinski definition) is 3. The molecule has 0 saturated heterocycles. The number of hydrogen-bond donors (Lipinski definition) is 1. The van der Waals surface area contributed by atoms with Gasteiger partial charge in [-0.2, -0.15) is 0 Å². The molecule has 0 aliphatic rings. The number of nitrogens with zero attached hydrogens (tertiary/aromatic N) is 2. The first-order valence-electron chi connectivity index (χ1n) is 6.89. The van der Waals surface area contributed by atoms with Crippen molar-refractivity contribution in [2.45, 2.75) is 38.6 Å². The maximum atomic E-state index is 12.5. The third kappa shape index (κ3) is 3.45. The summed E-state index contributed by atoms with van der Waals surface area (Å²) in [4.78, 5) is 16.7. The van der Waals surface area contributed by atoms with Gasteiger partial charge in [-0.1, -0.05) is 18.2 Å². The third-order valence-corrected chi connectivity index (χ3v) is 3.44. The lowest BCUT2D eigenvalue weighted by Crippen LogP contribution is -2.34. The quantitative estimate of drug-likeness (QED) is 0.871. The monoisotopic (exact) mass is 305 g/mol. The summed E-state index contributed by atoms with van der Waals surface area (Å²) in [7, 11) is 0. The molecule has 5 heteroatoms. The smallest absolute Gasteiger partial charge is 0.294 e. The second-order valence-electron chi connectivity index (χ2n) is 5.95. The van der Waals surface area contributed by atoms with Gasteiger partial charge in [0.1, 0.15) is 0 Å². The normalized spacial score (nSPS) is 13.0. The molecule has 1 aromatic carbocycles. The van der Waals surface area contributed by atoms with Crippen LogP contribution in [-0.2, 0) is 5.54 Å². The Hall–Kier alpha value is -1.81. The minimum atomic E-state index is -0.296. The molecule has 1 heterocycles. The first kappa shape index (κ1) is 15.6. The van der Waals surface area contributed by atoms with Crippen LogP contribution in [0, 0.1) is 0 Å². The zero-order chi connectivity index (χ0) is 15.6. The van der Waals surface area contributed by atoms with Gasteiger partial charge < -0.3 is 9.88 Å². The van der Waals surface area contributed by atoms with Crippen LogP contribution >= 0.6 is 11.6 Å². The second kappa shape index (κ2) is 5.90. The predicted octanol–water partition coefficient (Wildman–Crippen LogP) is 4.04. The van der Waals surface area contributed by atoms with Crippen LogP contribution in [0.3, 0.4) is 0 Å². The molecule has 2 aromatic rings. The number of alkyl halides is 1. The molecule has 0 fully saturated rings. The minimum absolute atomic E-state index is 0.151. The summed E-state index contributed by atoms with van der Waals surface area (Å²) in [6, 6.07) is 7.65. The molecule has 0 saturated carbocycles. The van der Waals surface area contributed by atoms with Crippen molar-refractivity contribution in [2.24, 2.45) is 0 Å². The van der Waals surface area contributed by atoms with Gasteiger partial charge in [0, 0.05) is 23.6 Å². The highest BCUT2D eigenvalue weighted by atomic mass is 35.5. The first-order valence-corrected chi connectivity index (χ1v) is 7.32. The van der Waals surface area contributed by atoms with Gasteiger partial charge in [-0.05, 0) is 39.3 Å². The van der Waals surface area contributed by atoms with Gasteiger partial charge in [0.15, 0.2) is 5.82 Å². The summed E-state index contributed by atoms with van der Waals surface area (Å²) in [5.41, 5.74) is 1.29. The molecule has 0 aliphatic heterocycles. The molecule has 1 unspecified atom stereocenters.